The minimum atomic E-state index is -1.13. The van der Waals surface area contributed by atoms with Gasteiger partial charge in [0.2, 0.25) is 0 Å². The second-order valence-corrected chi connectivity index (χ2v) is 11.1. The SMILES string of the molecule is Nc1ccc(CCOc2cc(CN3CCOCCOCCN(Cc4cccc(C(=O)O)n4)CCOCCOCC3)nc(C(=O)O)c2)cc1. The Labute approximate surface area is 280 Å². The van der Waals surface area contributed by atoms with Crippen LogP contribution in [-0.2, 0) is 38.5 Å². The monoisotopic (exact) mass is 667 g/mol. The first-order chi connectivity index (χ1) is 23.4. The van der Waals surface area contributed by atoms with Crippen LogP contribution in [0.5, 0.6) is 5.75 Å². The van der Waals surface area contributed by atoms with Crippen LogP contribution in [-0.4, -0.2) is 128 Å². The maximum Gasteiger partial charge on any atom is 0.354 e. The average Bonchev–Trinajstić information content (AvgIpc) is 3.07. The summed E-state index contributed by atoms with van der Waals surface area (Å²) in [5, 5.41) is 18.9. The van der Waals surface area contributed by atoms with Gasteiger partial charge in [-0.15, -0.1) is 0 Å². The number of carboxylic acid groups (broad SMARTS) is 2. The van der Waals surface area contributed by atoms with Gasteiger partial charge in [0, 0.05) is 63.5 Å². The number of rotatable bonds is 10. The lowest BCUT2D eigenvalue weighted by Crippen LogP contribution is -2.33. The Bertz CT molecular complexity index is 1410. The summed E-state index contributed by atoms with van der Waals surface area (Å²) in [6, 6.07) is 15.7. The van der Waals surface area contributed by atoms with Crippen molar-refractivity contribution in [1.82, 2.24) is 19.8 Å². The fraction of sp³-hybridized carbons (Fsp3) is 0.471. The van der Waals surface area contributed by atoms with Crippen molar-refractivity contribution >= 4 is 17.6 Å². The van der Waals surface area contributed by atoms with Gasteiger partial charge in [-0.3, -0.25) is 9.80 Å². The van der Waals surface area contributed by atoms with Crippen molar-refractivity contribution in [2.24, 2.45) is 0 Å². The third-order valence-corrected chi connectivity index (χ3v) is 7.46. The summed E-state index contributed by atoms with van der Waals surface area (Å²) in [4.78, 5) is 36.0. The molecule has 0 saturated carbocycles. The molecule has 14 heteroatoms. The Morgan fingerprint density at radius 2 is 1.21 bits per heavy atom. The van der Waals surface area contributed by atoms with E-state index < -0.39 is 11.9 Å². The van der Waals surface area contributed by atoms with Gasteiger partial charge in [-0.1, -0.05) is 18.2 Å². The Morgan fingerprint density at radius 1 is 0.688 bits per heavy atom. The van der Waals surface area contributed by atoms with E-state index in [0.29, 0.717) is 128 Å². The predicted molar refractivity (Wildman–Crippen MR) is 176 cm³/mol. The molecule has 0 spiro atoms. The van der Waals surface area contributed by atoms with Gasteiger partial charge in [-0.2, -0.15) is 0 Å². The van der Waals surface area contributed by atoms with Crippen molar-refractivity contribution < 1.29 is 43.5 Å². The highest BCUT2D eigenvalue weighted by molar-refractivity contribution is 5.86. The molecular weight excluding hydrogens is 622 g/mol. The van der Waals surface area contributed by atoms with E-state index in [1.165, 1.54) is 12.1 Å². The second-order valence-electron chi connectivity index (χ2n) is 11.1. The van der Waals surface area contributed by atoms with E-state index in [1.807, 2.05) is 24.3 Å². The smallest absolute Gasteiger partial charge is 0.354 e. The molecule has 3 aromatic rings. The maximum atomic E-state index is 11.8. The number of benzene rings is 1. The van der Waals surface area contributed by atoms with E-state index in [1.54, 1.807) is 18.2 Å². The highest BCUT2D eigenvalue weighted by Gasteiger charge is 2.15. The van der Waals surface area contributed by atoms with Gasteiger partial charge in [0.1, 0.15) is 11.4 Å². The molecule has 0 radical (unpaired) electrons. The van der Waals surface area contributed by atoms with E-state index in [4.69, 9.17) is 29.4 Å². The number of anilines is 1. The van der Waals surface area contributed by atoms with E-state index >= 15 is 0 Å². The third kappa shape index (κ3) is 13.5. The molecular formula is C34H45N5O9. The van der Waals surface area contributed by atoms with Crippen molar-refractivity contribution in [3.63, 3.8) is 0 Å². The normalized spacial score (nSPS) is 16.8. The standard InChI is InChI=1S/C34H45N5O9/c35-27-6-4-26(5-7-27)8-13-48-30-22-29(37-32(23-30)34(42)43)25-39-11-16-46-20-18-44-14-9-38(10-15-45-19-21-47-17-12-39)24-28-2-1-3-31(36-28)33(40)41/h1-7,22-23H,8-21,24-25,35H2,(H,40,41)(H,42,43). The summed E-state index contributed by atoms with van der Waals surface area (Å²) >= 11 is 0. The fourth-order valence-corrected chi connectivity index (χ4v) is 4.91. The number of ether oxygens (including phenoxy) is 5. The van der Waals surface area contributed by atoms with Crippen LogP contribution in [0.1, 0.15) is 37.9 Å². The van der Waals surface area contributed by atoms with Gasteiger partial charge in [0.25, 0.3) is 0 Å². The van der Waals surface area contributed by atoms with Crippen molar-refractivity contribution in [3.8, 4) is 5.75 Å². The van der Waals surface area contributed by atoms with Crippen LogP contribution < -0.4 is 10.5 Å². The molecule has 48 heavy (non-hydrogen) atoms. The molecule has 1 fully saturated rings. The number of carboxylic acids is 2. The van der Waals surface area contributed by atoms with Crippen molar-refractivity contribution in [2.45, 2.75) is 19.5 Å². The first kappa shape index (κ1) is 36.7. The zero-order valence-corrected chi connectivity index (χ0v) is 27.1. The highest BCUT2D eigenvalue weighted by atomic mass is 16.5. The number of aromatic nitrogens is 2. The summed E-state index contributed by atoms with van der Waals surface area (Å²) < 4.78 is 29.2. The Hall–Kier alpha value is -4.18. The summed E-state index contributed by atoms with van der Waals surface area (Å²) in [5.74, 6) is -1.74. The van der Waals surface area contributed by atoms with Crippen LogP contribution in [0.25, 0.3) is 0 Å². The zero-order valence-electron chi connectivity index (χ0n) is 27.1. The van der Waals surface area contributed by atoms with E-state index in [0.717, 1.165) is 5.56 Å². The number of hydrogen-bond acceptors (Lipinski definition) is 12. The number of carbonyl (C=O) groups is 2. The van der Waals surface area contributed by atoms with Crippen LogP contribution in [0.15, 0.2) is 54.6 Å². The summed E-state index contributed by atoms with van der Waals surface area (Å²) in [7, 11) is 0. The van der Waals surface area contributed by atoms with Gasteiger partial charge >= 0.3 is 11.9 Å². The van der Waals surface area contributed by atoms with Crippen molar-refractivity contribution in [3.05, 3.63) is 82.9 Å². The molecule has 0 bridgehead atoms. The molecule has 2 aromatic heterocycles. The molecule has 1 aromatic carbocycles. The molecule has 1 aliphatic rings. The van der Waals surface area contributed by atoms with Gasteiger partial charge in [-0.05, 0) is 29.8 Å². The van der Waals surface area contributed by atoms with Crippen molar-refractivity contribution in [2.75, 3.05) is 91.4 Å². The minimum absolute atomic E-state index is 0.0134. The summed E-state index contributed by atoms with van der Waals surface area (Å²) in [5.41, 5.74) is 8.69. The molecule has 0 unspecified atom stereocenters. The van der Waals surface area contributed by atoms with E-state index in [9.17, 15) is 19.8 Å². The molecule has 1 saturated heterocycles. The number of nitrogens with two attached hydrogens (primary N) is 1. The number of nitrogens with zero attached hydrogens (tertiary/aromatic N) is 4. The molecule has 0 aliphatic carbocycles. The van der Waals surface area contributed by atoms with Crippen LogP contribution in [0, 0.1) is 0 Å². The molecule has 1 aliphatic heterocycles. The van der Waals surface area contributed by atoms with Gasteiger partial charge in [0.15, 0.2) is 5.69 Å². The summed E-state index contributed by atoms with van der Waals surface area (Å²) in [6.45, 7) is 7.06. The largest absolute Gasteiger partial charge is 0.493 e. The van der Waals surface area contributed by atoms with E-state index in [-0.39, 0.29) is 11.4 Å². The predicted octanol–water partition coefficient (Wildman–Crippen LogP) is 2.46. The zero-order chi connectivity index (χ0) is 34.0. The number of aromatic carboxylic acids is 2. The lowest BCUT2D eigenvalue weighted by molar-refractivity contribution is 0.00596. The molecule has 3 heterocycles. The molecule has 4 N–H and O–H groups in total. The van der Waals surface area contributed by atoms with Gasteiger partial charge in [0.05, 0.1) is 70.8 Å². The molecule has 0 amide bonds. The fourth-order valence-electron chi connectivity index (χ4n) is 4.91. The summed E-state index contributed by atoms with van der Waals surface area (Å²) in [6.07, 6.45) is 0.646. The second kappa shape index (κ2) is 20.2. The van der Waals surface area contributed by atoms with Crippen molar-refractivity contribution in [1.29, 1.82) is 0 Å². The van der Waals surface area contributed by atoms with Crippen LogP contribution in [0.4, 0.5) is 5.69 Å². The third-order valence-electron chi connectivity index (χ3n) is 7.46. The number of hydrogen-bond donors (Lipinski definition) is 3. The first-order valence-corrected chi connectivity index (χ1v) is 16.0. The number of pyridine rings is 2. The van der Waals surface area contributed by atoms with E-state index in [2.05, 4.69) is 19.8 Å². The topological polar surface area (TPSA) is 179 Å². The maximum absolute atomic E-state index is 11.8. The van der Waals surface area contributed by atoms with Gasteiger partial charge < -0.3 is 39.6 Å². The lowest BCUT2D eigenvalue weighted by atomic mass is 10.1. The van der Waals surface area contributed by atoms with Gasteiger partial charge in [-0.25, -0.2) is 19.6 Å². The highest BCUT2D eigenvalue weighted by Crippen LogP contribution is 2.17. The quantitative estimate of drug-likeness (QED) is 0.269. The number of nitrogen functional groups attached to an aromatic ring is 1. The molecule has 4 rings (SSSR count). The van der Waals surface area contributed by atoms with Crippen LogP contribution in [0.3, 0.4) is 0 Å². The lowest BCUT2D eigenvalue weighted by Gasteiger charge is -2.23. The minimum Gasteiger partial charge on any atom is -0.493 e. The Morgan fingerprint density at radius 3 is 1.75 bits per heavy atom. The first-order valence-electron chi connectivity index (χ1n) is 16.0. The van der Waals surface area contributed by atoms with Crippen LogP contribution >= 0.6 is 0 Å². The Kier molecular flexibility index (Phi) is 15.5. The average molecular weight is 668 g/mol. The Balaban J connectivity index is 1.28. The molecule has 260 valence electrons. The molecule has 14 nitrogen and oxygen atoms in total. The van der Waals surface area contributed by atoms with Crippen LogP contribution in [0.2, 0.25) is 0 Å². The molecule has 0 atom stereocenters.